The second kappa shape index (κ2) is 5.92. The number of nitrogens with zero attached hydrogens (tertiary/aromatic N) is 3. The molecular weight excluding hydrogens is 344 g/mol. The minimum atomic E-state index is -0.0528. The van der Waals surface area contributed by atoms with Gasteiger partial charge in [0.1, 0.15) is 10.7 Å². The first-order valence-electron chi connectivity index (χ1n) is 8.87. The molecule has 1 aliphatic rings. The highest BCUT2D eigenvalue weighted by molar-refractivity contribution is 7.18. The topological polar surface area (TPSA) is 63.0 Å². The molecule has 3 heterocycles. The van der Waals surface area contributed by atoms with Crippen LogP contribution in [-0.2, 0) is 12.8 Å². The monoisotopic (exact) mass is 362 g/mol. The van der Waals surface area contributed by atoms with Crippen molar-refractivity contribution in [2.24, 2.45) is 5.10 Å². The average molecular weight is 362 g/mol. The molecule has 3 aromatic heterocycles. The second-order valence-corrected chi connectivity index (χ2v) is 7.78. The second-order valence-electron chi connectivity index (χ2n) is 6.70. The number of H-pyrrole nitrogens is 1. The van der Waals surface area contributed by atoms with E-state index in [-0.39, 0.29) is 5.56 Å². The van der Waals surface area contributed by atoms with Crippen LogP contribution in [0.4, 0.5) is 0 Å². The van der Waals surface area contributed by atoms with Crippen LogP contribution in [0.15, 0.2) is 40.4 Å². The molecule has 0 bridgehead atoms. The minimum Gasteiger partial charge on any atom is -0.361 e. The number of hydrogen-bond donors (Lipinski definition) is 1. The van der Waals surface area contributed by atoms with Gasteiger partial charge >= 0.3 is 0 Å². The number of aromatic amines is 1. The molecule has 0 radical (unpaired) electrons. The van der Waals surface area contributed by atoms with Gasteiger partial charge in [-0.05, 0) is 44.2 Å². The number of benzene rings is 1. The van der Waals surface area contributed by atoms with Crippen molar-refractivity contribution in [1.82, 2.24) is 14.6 Å². The predicted molar refractivity (Wildman–Crippen MR) is 107 cm³/mol. The quantitative estimate of drug-likeness (QED) is 0.548. The van der Waals surface area contributed by atoms with Gasteiger partial charge < -0.3 is 4.98 Å². The first-order valence-corrected chi connectivity index (χ1v) is 9.68. The third-order valence-corrected chi connectivity index (χ3v) is 6.25. The summed E-state index contributed by atoms with van der Waals surface area (Å²) < 4.78 is 1.44. The maximum atomic E-state index is 13.1. The van der Waals surface area contributed by atoms with Crippen LogP contribution >= 0.6 is 11.3 Å². The molecule has 0 saturated carbocycles. The van der Waals surface area contributed by atoms with Crippen LogP contribution in [0.25, 0.3) is 21.1 Å². The van der Waals surface area contributed by atoms with Crippen molar-refractivity contribution in [3.8, 4) is 0 Å². The van der Waals surface area contributed by atoms with Gasteiger partial charge in [-0.1, -0.05) is 18.2 Å². The van der Waals surface area contributed by atoms with Gasteiger partial charge in [-0.2, -0.15) is 9.78 Å². The van der Waals surface area contributed by atoms with Gasteiger partial charge in [-0.25, -0.2) is 4.98 Å². The molecule has 0 amide bonds. The molecule has 5 rings (SSSR count). The molecule has 0 atom stereocenters. The Kier molecular flexibility index (Phi) is 3.53. The van der Waals surface area contributed by atoms with E-state index in [0.717, 1.165) is 45.9 Å². The molecule has 130 valence electrons. The highest BCUT2D eigenvalue weighted by atomic mass is 32.1. The van der Waals surface area contributed by atoms with Gasteiger partial charge in [-0.3, -0.25) is 4.79 Å². The zero-order valence-electron chi connectivity index (χ0n) is 14.5. The lowest BCUT2D eigenvalue weighted by molar-refractivity contribution is 0.698. The zero-order chi connectivity index (χ0) is 17.7. The number of para-hydroxylation sites is 1. The lowest BCUT2D eigenvalue weighted by Crippen LogP contribution is -2.21. The van der Waals surface area contributed by atoms with Crippen LogP contribution in [0.3, 0.4) is 0 Å². The fourth-order valence-corrected chi connectivity index (χ4v) is 5.05. The molecule has 4 aromatic rings. The molecule has 0 aliphatic heterocycles. The van der Waals surface area contributed by atoms with Gasteiger partial charge in [0.25, 0.3) is 5.56 Å². The van der Waals surface area contributed by atoms with Crippen molar-refractivity contribution in [1.29, 1.82) is 0 Å². The Labute approximate surface area is 154 Å². The number of thiophene rings is 1. The molecule has 1 aliphatic carbocycles. The number of hydrogen-bond acceptors (Lipinski definition) is 4. The van der Waals surface area contributed by atoms with E-state index in [9.17, 15) is 4.79 Å². The Morgan fingerprint density at radius 2 is 2.12 bits per heavy atom. The van der Waals surface area contributed by atoms with Crippen molar-refractivity contribution in [2.75, 3.05) is 0 Å². The van der Waals surface area contributed by atoms with Crippen molar-refractivity contribution >= 4 is 38.7 Å². The molecule has 1 N–H and O–H groups in total. The Bertz CT molecular complexity index is 1230. The van der Waals surface area contributed by atoms with E-state index in [1.807, 2.05) is 37.4 Å². The summed E-state index contributed by atoms with van der Waals surface area (Å²) in [5, 5.41) is 6.33. The van der Waals surface area contributed by atoms with E-state index in [2.05, 4.69) is 15.1 Å². The fourth-order valence-electron chi connectivity index (χ4n) is 3.75. The standard InChI is InChI=1S/C20H18N4OS/c1-12-23-19-18(15-7-3-5-9-17(15)26-19)20(25)24(12)22-11-13-10-21-16-8-4-2-6-14(13)16/h2,4,6,8,10-11,21H,3,5,7,9H2,1H3/b22-11-. The fraction of sp³-hybridized carbons (Fsp3) is 0.250. The van der Waals surface area contributed by atoms with Gasteiger partial charge in [-0.15, -0.1) is 11.3 Å². The number of nitrogens with one attached hydrogen (secondary N) is 1. The predicted octanol–water partition coefficient (Wildman–Crippen LogP) is 4.01. The highest BCUT2D eigenvalue weighted by Gasteiger charge is 2.21. The maximum absolute atomic E-state index is 13.1. The minimum absolute atomic E-state index is 0.0528. The number of rotatable bonds is 2. The third kappa shape index (κ3) is 2.33. The first-order chi connectivity index (χ1) is 12.7. The Hall–Kier alpha value is -2.73. The van der Waals surface area contributed by atoms with Gasteiger partial charge in [0, 0.05) is 27.5 Å². The first kappa shape index (κ1) is 15.5. The molecule has 0 spiro atoms. The van der Waals surface area contributed by atoms with Crippen LogP contribution in [0.2, 0.25) is 0 Å². The molecule has 0 fully saturated rings. The number of aromatic nitrogens is 3. The summed E-state index contributed by atoms with van der Waals surface area (Å²) in [6.07, 6.45) is 8.03. The normalized spacial score (nSPS) is 14.5. The number of aryl methyl sites for hydroxylation is 3. The summed E-state index contributed by atoms with van der Waals surface area (Å²) in [5.41, 5.74) is 3.16. The van der Waals surface area contributed by atoms with Crippen LogP contribution < -0.4 is 5.56 Å². The summed E-state index contributed by atoms with van der Waals surface area (Å²) in [5.74, 6) is 0.622. The highest BCUT2D eigenvalue weighted by Crippen LogP contribution is 2.33. The van der Waals surface area contributed by atoms with Gasteiger partial charge in [0.05, 0.1) is 11.6 Å². The largest absolute Gasteiger partial charge is 0.361 e. The van der Waals surface area contributed by atoms with Crippen LogP contribution in [-0.4, -0.2) is 20.9 Å². The van der Waals surface area contributed by atoms with Crippen molar-refractivity contribution in [3.05, 3.63) is 62.6 Å². The number of fused-ring (bicyclic) bond motifs is 4. The molecule has 0 unspecified atom stereocenters. The Morgan fingerprint density at radius 1 is 1.27 bits per heavy atom. The van der Waals surface area contributed by atoms with E-state index in [1.165, 1.54) is 21.5 Å². The summed E-state index contributed by atoms with van der Waals surface area (Å²) in [6.45, 7) is 1.84. The molecule has 26 heavy (non-hydrogen) atoms. The van der Waals surface area contributed by atoms with Crippen molar-refractivity contribution in [2.45, 2.75) is 32.6 Å². The Balaban J connectivity index is 1.66. The van der Waals surface area contributed by atoms with Crippen molar-refractivity contribution in [3.63, 3.8) is 0 Å². The zero-order valence-corrected chi connectivity index (χ0v) is 15.3. The molecule has 0 saturated heterocycles. The lowest BCUT2D eigenvalue weighted by atomic mass is 9.97. The molecule has 5 nitrogen and oxygen atoms in total. The summed E-state index contributed by atoms with van der Waals surface area (Å²) >= 11 is 1.67. The van der Waals surface area contributed by atoms with E-state index >= 15 is 0 Å². The SMILES string of the molecule is Cc1nc2sc3c(c2c(=O)n1/N=C\c1c[nH]c2ccccc12)CCCC3. The summed E-state index contributed by atoms with van der Waals surface area (Å²) in [6, 6.07) is 8.05. The lowest BCUT2D eigenvalue weighted by Gasteiger charge is -2.10. The molecule has 6 heteroatoms. The molecular formula is C20H18N4OS. The van der Waals surface area contributed by atoms with E-state index in [1.54, 1.807) is 17.6 Å². The van der Waals surface area contributed by atoms with Crippen LogP contribution in [0, 0.1) is 6.92 Å². The summed E-state index contributed by atoms with van der Waals surface area (Å²) in [4.78, 5) is 23.2. The molecule has 1 aromatic carbocycles. The van der Waals surface area contributed by atoms with E-state index < -0.39 is 0 Å². The summed E-state index contributed by atoms with van der Waals surface area (Å²) in [7, 11) is 0. The Morgan fingerprint density at radius 3 is 3.04 bits per heavy atom. The van der Waals surface area contributed by atoms with Crippen molar-refractivity contribution < 1.29 is 0 Å². The van der Waals surface area contributed by atoms with Gasteiger partial charge in [0.15, 0.2) is 0 Å². The smallest absolute Gasteiger partial charge is 0.283 e. The maximum Gasteiger partial charge on any atom is 0.283 e. The van der Waals surface area contributed by atoms with Crippen LogP contribution in [0.1, 0.15) is 34.7 Å². The van der Waals surface area contributed by atoms with Gasteiger partial charge in [0.2, 0.25) is 0 Å². The van der Waals surface area contributed by atoms with E-state index in [0.29, 0.717) is 5.82 Å². The third-order valence-electron chi connectivity index (χ3n) is 5.06. The van der Waals surface area contributed by atoms with Crippen LogP contribution in [0.5, 0.6) is 0 Å². The van der Waals surface area contributed by atoms with E-state index in [4.69, 9.17) is 0 Å². The average Bonchev–Trinajstić information content (AvgIpc) is 3.22.